The molecule has 0 saturated carbocycles. The van der Waals surface area contributed by atoms with E-state index in [0.29, 0.717) is 0 Å². The SMILES string of the molecule is c1cc2cc(c1)OCC[NH2+]CCC[NH2+]CCC[NH2+]CCO2. The van der Waals surface area contributed by atoms with E-state index in [9.17, 15) is 0 Å². The predicted molar refractivity (Wildman–Crippen MR) is 81.6 cm³/mol. The largest absolute Gasteiger partial charge is 0.488 e. The van der Waals surface area contributed by atoms with Crippen LogP contribution in [0.25, 0.3) is 0 Å². The van der Waals surface area contributed by atoms with Gasteiger partial charge in [0.15, 0.2) is 0 Å². The average molecular weight is 296 g/mol. The third-order valence-electron chi connectivity index (χ3n) is 3.62. The molecule has 1 heterocycles. The highest BCUT2D eigenvalue weighted by Crippen LogP contribution is 2.18. The Labute approximate surface area is 127 Å². The molecule has 0 radical (unpaired) electrons. The molecule has 21 heavy (non-hydrogen) atoms. The minimum atomic E-state index is 0.751. The van der Waals surface area contributed by atoms with Crippen LogP contribution in [0.2, 0.25) is 0 Å². The first-order valence-electron chi connectivity index (χ1n) is 8.26. The van der Waals surface area contributed by atoms with E-state index in [-0.39, 0.29) is 0 Å². The second-order valence-corrected chi connectivity index (χ2v) is 5.48. The van der Waals surface area contributed by atoms with Crippen LogP contribution in [0.15, 0.2) is 24.3 Å². The van der Waals surface area contributed by atoms with Gasteiger partial charge in [-0.3, -0.25) is 0 Å². The molecule has 5 heteroatoms. The molecule has 0 aromatic heterocycles. The standard InChI is InChI=1S/C16H27N3O2/c1-4-15-14-16(5-1)21-13-11-19-9-3-7-17-6-2-8-18-10-12-20-15/h1,4-5,14,17-19H,2-3,6-13H2/p+3. The molecule has 5 nitrogen and oxygen atoms in total. The zero-order chi connectivity index (χ0) is 14.6. The van der Waals surface area contributed by atoms with Crippen molar-refractivity contribution in [3.63, 3.8) is 0 Å². The lowest BCUT2D eigenvalue weighted by atomic mass is 10.3. The molecule has 118 valence electrons. The van der Waals surface area contributed by atoms with Crippen molar-refractivity contribution in [3.05, 3.63) is 24.3 Å². The van der Waals surface area contributed by atoms with Crippen LogP contribution in [0.1, 0.15) is 12.8 Å². The van der Waals surface area contributed by atoms with Gasteiger partial charge in [-0.25, -0.2) is 0 Å². The molecule has 6 N–H and O–H groups in total. The Morgan fingerprint density at radius 3 is 1.67 bits per heavy atom. The molecule has 0 fully saturated rings. The first kappa shape index (κ1) is 16.1. The first-order chi connectivity index (χ1) is 10.4. The average Bonchev–Trinajstić information content (AvgIpc) is 2.51. The lowest BCUT2D eigenvalue weighted by molar-refractivity contribution is -0.690. The van der Waals surface area contributed by atoms with Gasteiger partial charge < -0.3 is 25.4 Å². The van der Waals surface area contributed by atoms with Crippen LogP contribution in [0.5, 0.6) is 11.5 Å². The van der Waals surface area contributed by atoms with E-state index in [1.54, 1.807) is 0 Å². The Hall–Kier alpha value is -1.30. The van der Waals surface area contributed by atoms with E-state index in [0.717, 1.165) is 37.8 Å². The fourth-order valence-electron chi connectivity index (χ4n) is 2.42. The minimum Gasteiger partial charge on any atom is -0.488 e. The van der Waals surface area contributed by atoms with Crippen molar-refractivity contribution in [1.82, 2.24) is 0 Å². The molecule has 0 unspecified atom stereocenters. The summed E-state index contributed by atoms with van der Waals surface area (Å²) in [6.07, 6.45) is 2.54. The van der Waals surface area contributed by atoms with Crippen molar-refractivity contribution in [2.45, 2.75) is 12.8 Å². The molecular weight excluding hydrogens is 266 g/mol. The Morgan fingerprint density at radius 1 is 0.667 bits per heavy atom. The Balaban J connectivity index is 1.78. The van der Waals surface area contributed by atoms with Crippen molar-refractivity contribution in [2.24, 2.45) is 0 Å². The molecule has 1 aromatic rings. The fraction of sp³-hybridized carbons (Fsp3) is 0.625. The fourth-order valence-corrected chi connectivity index (χ4v) is 2.42. The van der Waals surface area contributed by atoms with Crippen LogP contribution >= 0.6 is 0 Å². The van der Waals surface area contributed by atoms with Crippen molar-refractivity contribution in [2.75, 3.05) is 52.5 Å². The highest BCUT2D eigenvalue weighted by Gasteiger charge is 2.01. The summed E-state index contributed by atoms with van der Waals surface area (Å²) in [5.74, 6) is 1.80. The lowest BCUT2D eigenvalue weighted by Crippen LogP contribution is -2.90. The van der Waals surface area contributed by atoms with Crippen LogP contribution in [-0.4, -0.2) is 52.5 Å². The number of fused-ring (bicyclic) bond motifs is 2. The maximum Gasteiger partial charge on any atom is 0.137 e. The topological polar surface area (TPSA) is 68.3 Å². The molecule has 1 aliphatic heterocycles. The van der Waals surface area contributed by atoms with E-state index in [2.05, 4.69) is 16.0 Å². The van der Waals surface area contributed by atoms with E-state index in [4.69, 9.17) is 9.47 Å². The van der Waals surface area contributed by atoms with Gasteiger partial charge in [0.05, 0.1) is 26.2 Å². The van der Waals surface area contributed by atoms with Crippen LogP contribution in [0.4, 0.5) is 0 Å². The first-order valence-corrected chi connectivity index (χ1v) is 8.26. The zero-order valence-corrected chi connectivity index (χ0v) is 12.9. The molecule has 0 aliphatic carbocycles. The lowest BCUT2D eigenvalue weighted by Gasteiger charge is -2.09. The van der Waals surface area contributed by atoms with Gasteiger partial charge >= 0.3 is 0 Å². The number of quaternary nitrogens is 3. The number of ether oxygens (including phenoxy) is 2. The Bertz CT molecular complexity index is 356. The quantitative estimate of drug-likeness (QED) is 0.515. The summed E-state index contributed by atoms with van der Waals surface area (Å²) in [6, 6.07) is 7.96. The summed E-state index contributed by atoms with van der Waals surface area (Å²) >= 11 is 0. The van der Waals surface area contributed by atoms with E-state index in [1.807, 2.05) is 24.3 Å². The van der Waals surface area contributed by atoms with Crippen LogP contribution in [0, 0.1) is 0 Å². The number of rotatable bonds is 0. The minimum absolute atomic E-state index is 0.751. The van der Waals surface area contributed by atoms with Crippen molar-refractivity contribution < 1.29 is 25.4 Å². The second kappa shape index (κ2) is 10.4. The molecular formula is C16H30N3O2+3. The van der Waals surface area contributed by atoms with Crippen LogP contribution in [0.3, 0.4) is 0 Å². The molecule has 0 amide bonds. The number of hydrogen-bond acceptors (Lipinski definition) is 2. The third kappa shape index (κ3) is 7.32. The molecule has 0 saturated heterocycles. The summed E-state index contributed by atoms with van der Waals surface area (Å²) in [5, 5.41) is 7.11. The predicted octanol–water partition coefficient (Wildman–Crippen LogP) is -2.07. The summed E-state index contributed by atoms with van der Waals surface area (Å²) in [5.41, 5.74) is 0. The van der Waals surface area contributed by atoms with Gasteiger partial charge in [-0.1, -0.05) is 6.07 Å². The van der Waals surface area contributed by atoms with E-state index >= 15 is 0 Å². The summed E-state index contributed by atoms with van der Waals surface area (Å²) in [6.45, 7) is 8.39. The van der Waals surface area contributed by atoms with Crippen molar-refractivity contribution in [1.29, 1.82) is 0 Å². The highest BCUT2D eigenvalue weighted by molar-refractivity contribution is 5.32. The number of benzene rings is 1. The van der Waals surface area contributed by atoms with Crippen molar-refractivity contribution >= 4 is 0 Å². The smallest absolute Gasteiger partial charge is 0.137 e. The van der Waals surface area contributed by atoms with Crippen molar-refractivity contribution in [3.8, 4) is 11.5 Å². The normalized spacial score (nSPS) is 19.6. The summed E-state index contributed by atoms with van der Waals surface area (Å²) in [7, 11) is 0. The molecule has 1 aliphatic rings. The van der Waals surface area contributed by atoms with Gasteiger partial charge in [-0.15, -0.1) is 0 Å². The molecule has 2 bridgehead atoms. The van der Waals surface area contributed by atoms with Gasteiger partial charge in [0.1, 0.15) is 37.8 Å². The van der Waals surface area contributed by atoms with Crippen LogP contribution in [-0.2, 0) is 0 Å². The van der Waals surface area contributed by atoms with Gasteiger partial charge in [-0.05, 0) is 12.1 Å². The zero-order valence-electron chi connectivity index (χ0n) is 12.9. The molecule has 0 atom stereocenters. The Morgan fingerprint density at radius 2 is 1.14 bits per heavy atom. The number of hydrogen-bond donors (Lipinski definition) is 3. The highest BCUT2D eigenvalue weighted by atomic mass is 16.5. The molecule has 1 aromatic carbocycles. The van der Waals surface area contributed by atoms with Gasteiger partial charge in [0.25, 0.3) is 0 Å². The summed E-state index contributed by atoms with van der Waals surface area (Å²) in [4.78, 5) is 0. The second-order valence-electron chi connectivity index (χ2n) is 5.48. The summed E-state index contributed by atoms with van der Waals surface area (Å²) < 4.78 is 11.5. The van der Waals surface area contributed by atoms with E-state index < -0.39 is 0 Å². The van der Waals surface area contributed by atoms with Crippen LogP contribution < -0.4 is 25.4 Å². The van der Waals surface area contributed by atoms with Gasteiger partial charge in [0.2, 0.25) is 0 Å². The van der Waals surface area contributed by atoms with E-state index in [1.165, 1.54) is 39.0 Å². The maximum absolute atomic E-state index is 5.76. The maximum atomic E-state index is 5.76. The van der Waals surface area contributed by atoms with Gasteiger partial charge in [-0.2, -0.15) is 0 Å². The van der Waals surface area contributed by atoms with Gasteiger partial charge in [0, 0.05) is 18.9 Å². The monoisotopic (exact) mass is 296 g/mol. The Kier molecular flexibility index (Phi) is 7.99. The molecule has 0 spiro atoms. The third-order valence-corrected chi connectivity index (χ3v) is 3.62. The number of nitrogens with two attached hydrogens (primary N) is 3. The molecule has 2 rings (SSSR count).